The third-order valence-electron chi connectivity index (χ3n) is 1.71. The van der Waals surface area contributed by atoms with E-state index in [1.165, 1.54) is 0 Å². The summed E-state index contributed by atoms with van der Waals surface area (Å²) in [5.41, 5.74) is 0.790. The average molecular weight is 230 g/mol. The molecule has 0 aliphatic rings. The Morgan fingerprint density at radius 2 is 1.88 bits per heavy atom. The van der Waals surface area contributed by atoms with Crippen molar-refractivity contribution in [1.29, 1.82) is 0 Å². The Labute approximate surface area is 90.9 Å². The summed E-state index contributed by atoms with van der Waals surface area (Å²) in [5, 5.41) is 0. The molecule has 0 saturated carbocycles. The first-order valence-electron chi connectivity index (χ1n) is 4.18. The molecule has 1 rings (SSSR count). The van der Waals surface area contributed by atoms with E-state index in [0.29, 0.717) is 0 Å². The van der Waals surface area contributed by atoms with Gasteiger partial charge >= 0.3 is 0 Å². The second-order valence-electron chi connectivity index (χ2n) is 2.67. The lowest BCUT2D eigenvalue weighted by Gasteiger charge is -2.00. The van der Waals surface area contributed by atoms with E-state index in [-0.39, 0.29) is 6.42 Å². The van der Waals surface area contributed by atoms with E-state index in [1.54, 1.807) is 31.4 Å². The van der Waals surface area contributed by atoms with Crippen LogP contribution in [0, 0.1) is 12.1 Å². The van der Waals surface area contributed by atoms with Gasteiger partial charge in [0.15, 0.2) is 0 Å². The molecule has 0 aliphatic heterocycles. The van der Waals surface area contributed by atoms with E-state index in [9.17, 15) is 9.18 Å². The summed E-state index contributed by atoms with van der Waals surface area (Å²) in [7, 11) is 1.56. The normalized spacial score (nSPS) is 8.00. The molecule has 0 atom stereocenters. The summed E-state index contributed by atoms with van der Waals surface area (Å²) < 4.78 is 32.4. The van der Waals surface area contributed by atoms with Crippen LogP contribution in [-0.2, 0) is 11.2 Å². The van der Waals surface area contributed by atoms with Gasteiger partial charge in [-0.15, -0.1) is 4.39 Å². The Bertz CT molecular complexity index is 376. The highest BCUT2D eigenvalue weighted by atomic mass is 20.0. The first-order valence-corrected chi connectivity index (χ1v) is 4.18. The van der Waals surface area contributed by atoms with Gasteiger partial charge in [-0.2, -0.15) is 0 Å². The highest BCUT2D eigenvalue weighted by Crippen LogP contribution is 2.11. The van der Waals surface area contributed by atoms with Crippen molar-refractivity contribution in [3.8, 4) is 17.8 Å². The topological polar surface area (TPSA) is 26.3 Å². The molecule has 0 aliphatic carbocycles. The van der Waals surface area contributed by atoms with E-state index >= 15 is 0 Å². The molecule has 0 radical (unpaired) electrons. The quantitative estimate of drug-likeness (QED) is 0.746. The maximum absolute atomic E-state index is 11.5. The predicted octanol–water partition coefficient (Wildman–Crippen LogP) is 2.58. The first kappa shape index (κ1) is 14.0. The fraction of sp³-hybridized carbons (Fsp3) is 0.182. The van der Waals surface area contributed by atoms with Gasteiger partial charge in [0.25, 0.3) is 0 Å². The number of Topliss-reactive ketones (excluding diaryl/α,β-unsaturated/α-hetero) is 1. The molecule has 2 nitrogen and oxygen atoms in total. The second kappa shape index (κ2) is 8.36. The van der Waals surface area contributed by atoms with Crippen LogP contribution in [0.1, 0.15) is 5.56 Å². The van der Waals surface area contributed by atoms with Gasteiger partial charge in [0.1, 0.15) is 11.9 Å². The largest absolute Gasteiger partial charge is 0.497 e. The first-order chi connectivity index (χ1) is 7.76. The third-order valence-corrected chi connectivity index (χ3v) is 1.71. The lowest BCUT2D eigenvalue weighted by Crippen LogP contribution is -1.98. The van der Waals surface area contributed by atoms with Crippen molar-refractivity contribution in [2.75, 3.05) is 7.11 Å². The SMILES string of the molecule is COc1ccc(CC(=O)C#CF)cc1.FF. The van der Waals surface area contributed by atoms with Crippen LogP contribution in [0.4, 0.5) is 13.5 Å². The zero-order valence-corrected chi connectivity index (χ0v) is 8.47. The van der Waals surface area contributed by atoms with Gasteiger partial charge in [-0.05, 0) is 17.7 Å². The molecule has 0 spiro atoms. The highest BCUT2D eigenvalue weighted by molar-refractivity contribution is 5.96. The van der Waals surface area contributed by atoms with Crippen molar-refractivity contribution in [2.45, 2.75) is 6.42 Å². The standard InChI is InChI=1S/C11H9FO2.F2/c1-14-11-4-2-9(3-5-11)8-10(13)6-7-12;1-2/h2-5H,8H2,1H3;. The van der Waals surface area contributed by atoms with E-state index in [1.807, 2.05) is 5.92 Å². The Kier molecular flexibility index (Phi) is 7.33. The Morgan fingerprint density at radius 3 is 2.31 bits per heavy atom. The number of ether oxygens (including phenoxy) is 1. The number of hydrogen-bond donors (Lipinski definition) is 0. The molecular formula is C11H9F3O2. The number of halogens is 3. The lowest BCUT2D eigenvalue weighted by atomic mass is 10.1. The molecule has 1 aromatic carbocycles. The molecule has 0 bridgehead atoms. The molecular weight excluding hydrogens is 221 g/mol. The molecule has 0 unspecified atom stereocenters. The zero-order valence-electron chi connectivity index (χ0n) is 8.47. The second-order valence-corrected chi connectivity index (χ2v) is 2.67. The van der Waals surface area contributed by atoms with Crippen LogP contribution in [0.25, 0.3) is 0 Å². The maximum Gasteiger partial charge on any atom is 0.212 e. The number of ketones is 1. The minimum atomic E-state index is -0.433. The molecule has 0 N–H and O–H groups in total. The summed E-state index contributed by atoms with van der Waals surface area (Å²) in [6, 6.07) is 6.98. The molecule has 0 fully saturated rings. The van der Waals surface area contributed by atoms with Crippen LogP contribution in [0.3, 0.4) is 0 Å². The van der Waals surface area contributed by atoms with Crippen molar-refractivity contribution in [1.82, 2.24) is 0 Å². The summed E-state index contributed by atoms with van der Waals surface area (Å²) in [4.78, 5) is 10.9. The average Bonchev–Trinajstić information content (AvgIpc) is 2.33. The van der Waals surface area contributed by atoms with Crippen molar-refractivity contribution >= 4 is 5.78 Å². The number of carbonyl (C=O) groups is 1. The summed E-state index contributed by atoms with van der Waals surface area (Å²) >= 11 is 0. The van der Waals surface area contributed by atoms with E-state index in [0.717, 1.165) is 17.5 Å². The Balaban J connectivity index is 0.00000106. The van der Waals surface area contributed by atoms with Crippen LogP contribution in [-0.4, -0.2) is 12.9 Å². The molecule has 16 heavy (non-hydrogen) atoms. The van der Waals surface area contributed by atoms with Crippen LogP contribution in [0.5, 0.6) is 5.75 Å². The van der Waals surface area contributed by atoms with Gasteiger partial charge in [0, 0.05) is 21.5 Å². The van der Waals surface area contributed by atoms with Gasteiger partial charge in [0.2, 0.25) is 5.78 Å². The van der Waals surface area contributed by atoms with Crippen LogP contribution in [0.15, 0.2) is 24.3 Å². The number of rotatable bonds is 3. The number of methoxy groups -OCH3 is 1. The van der Waals surface area contributed by atoms with Gasteiger partial charge in [0.05, 0.1) is 7.11 Å². The zero-order chi connectivity index (χ0) is 12.4. The van der Waals surface area contributed by atoms with Crippen molar-refractivity contribution in [2.24, 2.45) is 0 Å². The smallest absolute Gasteiger partial charge is 0.212 e. The van der Waals surface area contributed by atoms with Crippen molar-refractivity contribution in [3.05, 3.63) is 29.8 Å². The minimum absolute atomic E-state index is 0.126. The molecule has 0 saturated heterocycles. The van der Waals surface area contributed by atoms with Crippen LogP contribution < -0.4 is 4.74 Å². The van der Waals surface area contributed by atoms with E-state index in [4.69, 9.17) is 13.9 Å². The lowest BCUT2D eigenvalue weighted by molar-refractivity contribution is -0.113. The van der Waals surface area contributed by atoms with Crippen molar-refractivity contribution in [3.63, 3.8) is 0 Å². The predicted molar refractivity (Wildman–Crippen MR) is 52.8 cm³/mol. The number of hydrogen-bond acceptors (Lipinski definition) is 2. The Morgan fingerprint density at radius 1 is 1.31 bits per heavy atom. The summed E-state index contributed by atoms with van der Waals surface area (Å²) in [5.74, 6) is 2.12. The van der Waals surface area contributed by atoms with Gasteiger partial charge in [-0.25, -0.2) is 0 Å². The van der Waals surface area contributed by atoms with Gasteiger partial charge in [-0.1, -0.05) is 12.1 Å². The van der Waals surface area contributed by atoms with Gasteiger partial charge < -0.3 is 4.74 Å². The van der Waals surface area contributed by atoms with Crippen LogP contribution in [0.2, 0.25) is 0 Å². The fourth-order valence-electron chi connectivity index (χ4n) is 1.03. The fourth-order valence-corrected chi connectivity index (χ4v) is 1.03. The Hall–Kier alpha value is -1.96. The van der Waals surface area contributed by atoms with Crippen LogP contribution >= 0.6 is 0 Å². The summed E-state index contributed by atoms with van der Waals surface area (Å²) in [6.45, 7) is 0. The van der Waals surface area contributed by atoms with Gasteiger partial charge in [-0.3, -0.25) is 4.79 Å². The molecule has 0 heterocycles. The number of carbonyl (C=O) groups excluding carboxylic acids is 1. The minimum Gasteiger partial charge on any atom is -0.497 e. The summed E-state index contributed by atoms with van der Waals surface area (Å²) in [6.07, 6.45) is 1.21. The van der Waals surface area contributed by atoms with E-state index in [2.05, 4.69) is 0 Å². The van der Waals surface area contributed by atoms with E-state index < -0.39 is 5.78 Å². The molecule has 86 valence electrons. The monoisotopic (exact) mass is 230 g/mol. The molecule has 5 heteroatoms. The number of benzene rings is 1. The van der Waals surface area contributed by atoms with Crippen molar-refractivity contribution < 1.29 is 23.1 Å². The highest BCUT2D eigenvalue weighted by Gasteiger charge is 2.00. The molecule has 0 aromatic heterocycles. The maximum atomic E-state index is 11.5. The third kappa shape index (κ3) is 5.05. The molecule has 0 amide bonds. The molecule has 1 aromatic rings.